The van der Waals surface area contributed by atoms with Gasteiger partial charge in [0.25, 0.3) is 0 Å². The number of nitrogens with two attached hydrogens (primary N) is 1. The summed E-state index contributed by atoms with van der Waals surface area (Å²) in [5.74, 6) is -2.67. The number of fused-ring (bicyclic) bond motifs is 1. The number of allylic oxidation sites excluding steroid dienone is 1. The zero-order chi connectivity index (χ0) is 20.4. The van der Waals surface area contributed by atoms with E-state index in [-0.39, 0.29) is 16.4 Å². The van der Waals surface area contributed by atoms with Gasteiger partial charge in [0.1, 0.15) is 27.3 Å². The highest BCUT2D eigenvalue weighted by molar-refractivity contribution is 6.38. The van der Waals surface area contributed by atoms with Crippen molar-refractivity contribution in [2.45, 2.75) is 5.94 Å². The molecule has 1 unspecified atom stereocenters. The number of nitrogens with zero attached hydrogens (tertiary/aromatic N) is 2. The monoisotopic (exact) mass is 373 g/mol. The molecule has 8 heteroatoms. The van der Waals surface area contributed by atoms with Gasteiger partial charge >= 0.3 is 0 Å². The number of hydrogen-bond donors (Lipinski definition) is 1. The molecule has 0 bridgehead atoms. The molecule has 0 aliphatic rings. The topological polar surface area (TPSA) is 60.4 Å². The third-order valence-corrected chi connectivity index (χ3v) is 4.41. The van der Waals surface area contributed by atoms with Gasteiger partial charge in [-0.1, -0.05) is 29.7 Å². The lowest BCUT2D eigenvalue weighted by Gasteiger charge is -2.20. The summed E-state index contributed by atoms with van der Waals surface area (Å²) in [5, 5.41) is -0.0550. The van der Waals surface area contributed by atoms with Crippen molar-refractivity contribution >= 4 is 43.8 Å². The van der Waals surface area contributed by atoms with Gasteiger partial charge in [0.2, 0.25) is 5.56 Å². The molecule has 1 heterocycles. The normalized spacial score (nSPS) is 13.3. The summed E-state index contributed by atoms with van der Waals surface area (Å²) in [6, 6.07) is 9.77. The summed E-state index contributed by atoms with van der Waals surface area (Å²) in [7, 11) is 13.7. The quantitative estimate of drug-likeness (QED) is 0.560. The standard InChI is InChI=1S/C20H15B2F2N3O/c1-26-10-13(9-25)11-2-4-12(5-3-11)20(22)27-17-7-14(23)6-16(24)19(17)15(21)8-18(27)28/h2-10,20H,25H2,1H3/b13-9+,26-10?. The second-order valence-corrected chi connectivity index (χ2v) is 6.17. The number of aromatic nitrogens is 1. The van der Waals surface area contributed by atoms with Gasteiger partial charge in [0.05, 0.1) is 5.52 Å². The minimum atomic E-state index is -0.976. The summed E-state index contributed by atoms with van der Waals surface area (Å²) in [4.78, 5) is 16.4. The summed E-state index contributed by atoms with van der Waals surface area (Å²) < 4.78 is 29.1. The van der Waals surface area contributed by atoms with Crippen LogP contribution in [0.2, 0.25) is 0 Å². The van der Waals surface area contributed by atoms with E-state index in [0.29, 0.717) is 17.2 Å². The number of aliphatic imine (C=N–C) groups is 1. The van der Waals surface area contributed by atoms with Gasteiger partial charge in [-0.05, 0) is 23.3 Å². The minimum Gasteiger partial charge on any atom is -0.404 e. The molecule has 3 aromatic rings. The molecular weight excluding hydrogens is 358 g/mol. The fraction of sp³-hybridized carbons (Fsp3) is 0.100. The van der Waals surface area contributed by atoms with Gasteiger partial charge in [-0.2, -0.15) is 0 Å². The van der Waals surface area contributed by atoms with E-state index < -0.39 is 23.1 Å². The number of hydrogen-bond acceptors (Lipinski definition) is 3. The Balaban J connectivity index is 2.14. The maximum Gasteiger partial charge on any atom is 0.250 e. The predicted octanol–water partition coefficient (Wildman–Crippen LogP) is 1.79. The second kappa shape index (κ2) is 7.84. The fourth-order valence-electron chi connectivity index (χ4n) is 3.09. The van der Waals surface area contributed by atoms with Crippen molar-refractivity contribution < 1.29 is 8.78 Å². The minimum absolute atomic E-state index is 0.0141. The van der Waals surface area contributed by atoms with Crippen LogP contribution in [-0.4, -0.2) is 33.5 Å². The van der Waals surface area contributed by atoms with Crippen molar-refractivity contribution in [3.63, 3.8) is 0 Å². The second-order valence-electron chi connectivity index (χ2n) is 6.17. The molecule has 4 nitrogen and oxygen atoms in total. The molecular formula is C20H15B2F2N3O. The number of halogens is 2. The average molecular weight is 373 g/mol. The van der Waals surface area contributed by atoms with Crippen LogP contribution in [0.15, 0.2) is 58.5 Å². The van der Waals surface area contributed by atoms with Crippen LogP contribution >= 0.6 is 0 Å². The van der Waals surface area contributed by atoms with Gasteiger partial charge in [-0.3, -0.25) is 9.79 Å². The Bertz CT molecular complexity index is 1150. The largest absolute Gasteiger partial charge is 0.404 e. The molecule has 2 N–H and O–H groups in total. The van der Waals surface area contributed by atoms with Crippen LogP contribution in [0.3, 0.4) is 0 Å². The Morgan fingerprint density at radius 1 is 1.21 bits per heavy atom. The van der Waals surface area contributed by atoms with Crippen LogP contribution in [0.5, 0.6) is 0 Å². The molecule has 1 aromatic heterocycles. The van der Waals surface area contributed by atoms with Gasteiger partial charge in [-0.15, -0.1) is 0 Å². The first-order valence-corrected chi connectivity index (χ1v) is 8.37. The highest BCUT2D eigenvalue weighted by Crippen LogP contribution is 2.23. The molecule has 0 saturated carbocycles. The van der Waals surface area contributed by atoms with Gasteiger partial charge in [-0.25, -0.2) is 8.78 Å². The first-order chi connectivity index (χ1) is 13.4. The van der Waals surface area contributed by atoms with Crippen LogP contribution < -0.4 is 16.8 Å². The number of benzene rings is 2. The molecule has 3 rings (SSSR count). The third kappa shape index (κ3) is 3.50. The molecule has 0 aliphatic carbocycles. The van der Waals surface area contributed by atoms with Crippen molar-refractivity contribution in [1.29, 1.82) is 0 Å². The lowest BCUT2D eigenvalue weighted by Crippen LogP contribution is -2.30. The van der Waals surface area contributed by atoms with E-state index in [1.165, 1.54) is 6.20 Å². The summed E-state index contributed by atoms with van der Waals surface area (Å²) >= 11 is 0. The first-order valence-electron chi connectivity index (χ1n) is 8.37. The first kappa shape index (κ1) is 19.6. The van der Waals surface area contributed by atoms with Crippen molar-refractivity contribution in [3.8, 4) is 0 Å². The number of rotatable bonds is 4. The Kier molecular flexibility index (Phi) is 5.49. The third-order valence-electron chi connectivity index (χ3n) is 4.41. The van der Waals surface area contributed by atoms with E-state index in [2.05, 4.69) is 4.99 Å². The van der Waals surface area contributed by atoms with Crippen molar-refractivity contribution in [1.82, 2.24) is 4.57 Å². The van der Waals surface area contributed by atoms with E-state index in [1.807, 2.05) is 0 Å². The van der Waals surface area contributed by atoms with Gasteiger partial charge in [0, 0.05) is 42.4 Å². The molecule has 1 atom stereocenters. The van der Waals surface area contributed by atoms with Crippen molar-refractivity contribution in [3.05, 3.63) is 81.8 Å². The van der Waals surface area contributed by atoms with E-state index in [9.17, 15) is 13.6 Å². The zero-order valence-corrected chi connectivity index (χ0v) is 15.1. The maximum atomic E-state index is 14.2. The summed E-state index contributed by atoms with van der Waals surface area (Å²) in [6.45, 7) is 0. The van der Waals surface area contributed by atoms with E-state index in [1.54, 1.807) is 37.5 Å². The molecule has 2 aromatic carbocycles. The molecule has 0 spiro atoms. The summed E-state index contributed by atoms with van der Waals surface area (Å²) in [5.41, 5.74) is 7.02. The van der Waals surface area contributed by atoms with Crippen molar-refractivity contribution in [2.24, 2.45) is 10.7 Å². The SMILES string of the molecule is [B]c1cc(=O)n(C([B])c2ccc(/C(C=NC)=C/N)cc2)c2cc(F)cc(F)c12. The lowest BCUT2D eigenvalue weighted by atomic mass is 9.85. The van der Waals surface area contributed by atoms with Crippen LogP contribution in [0.25, 0.3) is 16.5 Å². The Morgan fingerprint density at radius 2 is 1.89 bits per heavy atom. The molecule has 4 radical (unpaired) electrons. The van der Waals surface area contributed by atoms with Crippen molar-refractivity contribution in [2.75, 3.05) is 7.05 Å². The lowest BCUT2D eigenvalue weighted by molar-refractivity contribution is 0.589. The molecule has 0 aliphatic heterocycles. The number of pyridine rings is 1. The fourth-order valence-corrected chi connectivity index (χ4v) is 3.09. The molecule has 28 heavy (non-hydrogen) atoms. The Morgan fingerprint density at radius 3 is 2.50 bits per heavy atom. The molecule has 0 amide bonds. The van der Waals surface area contributed by atoms with Gasteiger partial charge < -0.3 is 10.3 Å². The maximum absolute atomic E-state index is 14.2. The Hall–Kier alpha value is -3.15. The van der Waals surface area contributed by atoms with Crippen LogP contribution in [0, 0.1) is 11.6 Å². The summed E-state index contributed by atoms with van der Waals surface area (Å²) in [6.07, 6.45) is 3.03. The van der Waals surface area contributed by atoms with Crippen LogP contribution in [-0.2, 0) is 0 Å². The van der Waals surface area contributed by atoms with Crippen LogP contribution in [0.1, 0.15) is 17.1 Å². The predicted molar refractivity (Wildman–Crippen MR) is 110 cm³/mol. The zero-order valence-electron chi connectivity index (χ0n) is 15.1. The Labute approximate surface area is 163 Å². The average Bonchev–Trinajstić information content (AvgIpc) is 2.65. The van der Waals surface area contributed by atoms with Gasteiger partial charge in [0.15, 0.2) is 0 Å². The smallest absolute Gasteiger partial charge is 0.250 e. The van der Waals surface area contributed by atoms with Crippen LogP contribution in [0.4, 0.5) is 8.78 Å². The molecule has 0 fully saturated rings. The highest BCUT2D eigenvalue weighted by Gasteiger charge is 2.17. The molecule has 136 valence electrons. The highest BCUT2D eigenvalue weighted by atomic mass is 19.1. The molecule has 0 saturated heterocycles. The van der Waals surface area contributed by atoms with E-state index in [0.717, 1.165) is 22.3 Å². The van der Waals surface area contributed by atoms with E-state index in [4.69, 9.17) is 21.4 Å². The van der Waals surface area contributed by atoms with E-state index >= 15 is 0 Å².